The molecule has 0 spiro atoms. The highest BCUT2D eigenvalue weighted by Gasteiger charge is 2.17. The van der Waals surface area contributed by atoms with Gasteiger partial charge in [-0.1, -0.05) is 42.7 Å². The fraction of sp³-hybridized carbons (Fsp3) is 0.333. The topological polar surface area (TPSA) is 64.9 Å². The van der Waals surface area contributed by atoms with Gasteiger partial charge in [-0.05, 0) is 17.7 Å². The van der Waals surface area contributed by atoms with Crippen LogP contribution in [0.2, 0.25) is 5.02 Å². The van der Waals surface area contributed by atoms with Crippen LogP contribution < -0.4 is 5.73 Å². The first kappa shape index (κ1) is 12.1. The molecule has 2 N–H and O–H groups in total. The van der Waals surface area contributed by atoms with Crippen LogP contribution in [0.15, 0.2) is 28.8 Å². The highest BCUT2D eigenvalue weighted by Crippen LogP contribution is 2.21. The summed E-state index contributed by atoms with van der Waals surface area (Å²) in [6.45, 7) is 3.98. The fourth-order valence-electron chi connectivity index (χ4n) is 1.46. The Morgan fingerprint density at radius 2 is 2.12 bits per heavy atom. The van der Waals surface area contributed by atoms with E-state index in [0.29, 0.717) is 16.7 Å². The third-order valence-corrected chi connectivity index (χ3v) is 2.67. The minimum atomic E-state index is -0.412. The zero-order chi connectivity index (χ0) is 12.4. The van der Waals surface area contributed by atoms with Crippen LogP contribution in [0.1, 0.15) is 43.1 Å². The van der Waals surface area contributed by atoms with Crippen LogP contribution in [-0.4, -0.2) is 10.1 Å². The Hall–Kier alpha value is -1.39. The van der Waals surface area contributed by atoms with Gasteiger partial charge in [0.15, 0.2) is 5.82 Å². The maximum absolute atomic E-state index is 6.06. The van der Waals surface area contributed by atoms with Crippen molar-refractivity contribution in [2.75, 3.05) is 0 Å². The first-order valence-electron chi connectivity index (χ1n) is 5.42. The molecule has 2 aromatic rings. The lowest BCUT2D eigenvalue weighted by molar-refractivity contribution is 0.359. The molecule has 5 heteroatoms. The highest BCUT2D eigenvalue weighted by molar-refractivity contribution is 6.30. The van der Waals surface area contributed by atoms with E-state index < -0.39 is 6.04 Å². The first-order chi connectivity index (χ1) is 8.08. The number of rotatable bonds is 3. The van der Waals surface area contributed by atoms with Crippen LogP contribution in [0.25, 0.3) is 0 Å². The number of aromatic nitrogens is 2. The third-order valence-electron chi connectivity index (χ3n) is 2.44. The van der Waals surface area contributed by atoms with Gasteiger partial charge in [-0.25, -0.2) is 0 Å². The summed E-state index contributed by atoms with van der Waals surface area (Å²) in [5.41, 5.74) is 6.92. The van der Waals surface area contributed by atoms with Crippen LogP contribution in [0, 0.1) is 0 Å². The van der Waals surface area contributed by atoms with Gasteiger partial charge in [0.2, 0.25) is 5.89 Å². The molecule has 0 radical (unpaired) electrons. The molecule has 0 amide bonds. The molecule has 0 aliphatic heterocycles. The summed E-state index contributed by atoms with van der Waals surface area (Å²) >= 11 is 5.91. The third kappa shape index (κ3) is 2.65. The van der Waals surface area contributed by atoms with Crippen LogP contribution in [0.3, 0.4) is 0 Å². The number of halogens is 1. The van der Waals surface area contributed by atoms with Crippen molar-refractivity contribution in [3.8, 4) is 0 Å². The smallest absolute Gasteiger partial charge is 0.229 e. The van der Waals surface area contributed by atoms with Crippen molar-refractivity contribution in [3.63, 3.8) is 0 Å². The predicted molar refractivity (Wildman–Crippen MR) is 65.9 cm³/mol. The van der Waals surface area contributed by atoms with Gasteiger partial charge in [0.25, 0.3) is 0 Å². The average Bonchev–Trinajstić information content (AvgIpc) is 2.77. The number of nitrogens with zero attached hydrogens (tertiary/aromatic N) is 2. The van der Waals surface area contributed by atoms with Crippen molar-refractivity contribution in [2.45, 2.75) is 25.8 Å². The number of hydrogen-bond donors (Lipinski definition) is 1. The molecule has 1 unspecified atom stereocenters. The predicted octanol–water partition coefficient (Wildman–Crippen LogP) is 2.89. The maximum atomic E-state index is 6.06. The van der Waals surface area contributed by atoms with Crippen LogP contribution >= 0.6 is 11.6 Å². The Kier molecular flexibility index (Phi) is 3.45. The fourth-order valence-corrected chi connectivity index (χ4v) is 1.66. The lowest BCUT2D eigenvalue weighted by Gasteiger charge is -2.07. The Bertz CT molecular complexity index is 510. The SMILES string of the molecule is CC(C)c1nc(C(N)c2cccc(Cl)c2)no1. The van der Waals surface area contributed by atoms with Crippen molar-refractivity contribution in [3.05, 3.63) is 46.6 Å². The molecule has 0 fully saturated rings. The van der Waals surface area contributed by atoms with Gasteiger partial charge in [-0.15, -0.1) is 0 Å². The standard InChI is InChI=1S/C12H14ClN3O/c1-7(2)12-15-11(16-17-12)10(14)8-4-3-5-9(13)6-8/h3-7,10H,14H2,1-2H3. The zero-order valence-corrected chi connectivity index (χ0v) is 10.5. The van der Waals surface area contributed by atoms with Crippen molar-refractivity contribution in [1.29, 1.82) is 0 Å². The second-order valence-corrected chi connectivity index (χ2v) is 4.61. The van der Waals surface area contributed by atoms with Crippen molar-refractivity contribution < 1.29 is 4.52 Å². The van der Waals surface area contributed by atoms with Gasteiger partial charge in [-0.2, -0.15) is 4.98 Å². The lowest BCUT2D eigenvalue weighted by atomic mass is 10.1. The van der Waals surface area contributed by atoms with E-state index >= 15 is 0 Å². The monoisotopic (exact) mass is 251 g/mol. The second kappa shape index (κ2) is 4.85. The largest absolute Gasteiger partial charge is 0.339 e. The summed E-state index contributed by atoms with van der Waals surface area (Å²) in [5, 5.41) is 4.53. The van der Waals surface area contributed by atoms with Crippen LogP contribution in [0.5, 0.6) is 0 Å². The molecule has 90 valence electrons. The lowest BCUT2D eigenvalue weighted by Crippen LogP contribution is -2.13. The Morgan fingerprint density at radius 1 is 1.35 bits per heavy atom. The number of hydrogen-bond acceptors (Lipinski definition) is 4. The first-order valence-corrected chi connectivity index (χ1v) is 5.80. The van der Waals surface area contributed by atoms with E-state index in [4.69, 9.17) is 21.9 Å². The molecule has 0 saturated heterocycles. The summed E-state index contributed by atoms with van der Waals surface area (Å²) in [7, 11) is 0. The van der Waals surface area contributed by atoms with Crippen LogP contribution in [0.4, 0.5) is 0 Å². The molecular formula is C12H14ClN3O. The maximum Gasteiger partial charge on any atom is 0.229 e. The van der Waals surface area contributed by atoms with Gasteiger partial charge in [0, 0.05) is 10.9 Å². The Labute approximate surface area is 105 Å². The molecule has 1 aromatic carbocycles. The molecule has 4 nitrogen and oxygen atoms in total. The van der Waals surface area contributed by atoms with Crippen molar-refractivity contribution in [2.24, 2.45) is 5.73 Å². The summed E-state index contributed by atoms with van der Waals surface area (Å²) in [6.07, 6.45) is 0. The minimum absolute atomic E-state index is 0.197. The van der Waals surface area contributed by atoms with E-state index in [-0.39, 0.29) is 5.92 Å². The molecule has 1 heterocycles. The molecule has 1 atom stereocenters. The van der Waals surface area contributed by atoms with Crippen molar-refractivity contribution >= 4 is 11.6 Å². The summed E-state index contributed by atoms with van der Waals surface area (Å²) < 4.78 is 5.12. The Morgan fingerprint density at radius 3 is 2.71 bits per heavy atom. The molecule has 17 heavy (non-hydrogen) atoms. The van der Waals surface area contributed by atoms with Crippen molar-refractivity contribution in [1.82, 2.24) is 10.1 Å². The highest BCUT2D eigenvalue weighted by atomic mass is 35.5. The summed E-state index contributed by atoms with van der Waals surface area (Å²) in [6, 6.07) is 6.93. The molecule has 0 bridgehead atoms. The zero-order valence-electron chi connectivity index (χ0n) is 9.72. The van der Waals surface area contributed by atoms with Gasteiger partial charge in [-0.3, -0.25) is 0 Å². The molecule has 1 aromatic heterocycles. The average molecular weight is 252 g/mol. The van der Waals surface area contributed by atoms with E-state index in [1.165, 1.54) is 0 Å². The van der Waals surface area contributed by atoms with E-state index in [1.807, 2.05) is 26.0 Å². The Balaban J connectivity index is 2.27. The number of nitrogens with two attached hydrogens (primary N) is 1. The van der Waals surface area contributed by atoms with Gasteiger partial charge in [0.1, 0.15) is 0 Å². The quantitative estimate of drug-likeness (QED) is 0.911. The normalized spacial score (nSPS) is 13.0. The van der Waals surface area contributed by atoms with Gasteiger partial charge in [0.05, 0.1) is 6.04 Å². The molecule has 0 saturated carbocycles. The summed E-state index contributed by atoms with van der Waals surface area (Å²) in [5.74, 6) is 1.27. The second-order valence-electron chi connectivity index (χ2n) is 4.18. The summed E-state index contributed by atoms with van der Waals surface area (Å²) in [4.78, 5) is 4.27. The van der Waals surface area contributed by atoms with Gasteiger partial charge < -0.3 is 10.3 Å². The molecule has 2 rings (SSSR count). The van der Waals surface area contributed by atoms with E-state index in [1.54, 1.807) is 12.1 Å². The molecule has 0 aliphatic rings. The molecular weight excluding hydrogens is 238 g/mol. The van der Waals surface area contributed by atoms with Crippen LogP contribution in [-0.2, 0) is 0 Å². The van der Waals surface area contributed by atoms with Gasteiger partial charge >= 0.3 is 0 Å². The van der Waals surface area contributed by atoms with E-state index in [9.17, 15) is 0 Å². The molecule has 0 aliphatic carbocycles. The van der Waals surface area contributed by atoms with E-state index in [2.05, 4.69) is 10.1 Å². The number of benzene rings is 1. The van der Waals surface area contributed by atoms with E-state index in [0.717, 1.165) is 5.56 Å². The minimum Gasteiger partial charge on any atom is -0.339 e.